The van der Waals surface area contributed by atoms with Gasteiger partial charge in [0.15, 0.2) is 0 Å². The number of imidazole rings is 1. The van der Waals surface area contributed by atoms with Gasteiger partial charge < -0.3 is 10.3 Å². The monoisotopic (exact) mass is 231 g/mol. The SMILES string of the molecule is CCCn1c(CC)nc2cc(C(N)=O)ccc21. The van der Waals surface area contributed by atoms with Crippen molar-refractivity contribution in [1.82, 2.24) is 9.55 Å². The molecule has 2 aromatic rings. The number of hydrogen-bond acceptors (Lipinski definition) is 2. The van der Waals surface area contributed by atoms with Crippen molar-refractivity contribution in [2.45, 2.75) is 33.2 Å². The van der Waals surface area contributed by atoms with Crippen LogP contribution in [0.15, 0.2) is 18.2 Å². The van der Waals surface area contributed by atoms with Gasteiger partial charge >= 0.3 is 0 Å². The molecule has 4 nitrogen and oxygen atoms in total. The molecule has 1 heterocycles. The Balaban J connectivity index is 2.61. The molecule has 0 aliphatic heterocycles. The molecule has 1 aromatic carbocycles. The molecule has 2 rings (SSSR count). The minimum absolute atomic E-state index is 0.407. The molecular formula is C13H17N3O. The molecule has 2 N–H and O–H groups in total. The summed E-state index contributed by atoms with van der Waals surface area (Å²) in [5.74, 6) is 0.651. The van der Waals surface area contributed by atoms with Gasteiger partial charge in [0.1, 0.15) is 5.82 Å². The van der Waals surface area contributed by atoms with Crippen LogP contribution in [-0.4, -0.2) is 15.5 Å². The van der Waals surface area contributed by atoms with E-state index in [2.05, 4.69) is 23.4 Å². The van der Waals surface area contributed by atoms with E-state index in [0.717, 1.165) is 36.2 Å². The molecule has 90 valence electrons. The Bertz CT molecular complexity index is 557. The molecule has 0 aliphatic carbocycles. The maximum atomic E-state index is 11.1. The van der Waals surface area contributed by atoms with Gasteiger partial charge in [0.25, 0.3) is 0 Å². The number of amides is 1. The number of rotatable bonds is 4. The van der Waals surface area contributed by atoms with Gasteiger partial charge in [-0.1, -0.05) is 13.8 Å². The summed E-state index contributed by atoms with van der Waals surface area (Å²) in [6.45, 7) is 5.18. The highest BCUT2D eigenvalue weighted by Gasteiger charge is 2.10. The summed E-state index contributed by atoms with van der Waals surface area (Å²) >= 11 is 0. The van der Waals surface area contributed by atoms with E-state index in [-0.39, 0.29) is 0 Å². The number of nitrogens with two attached hydrogens (primary N) is 1. The zero-order valence-electron chi connectivity index (χ0n) is 10.2. The van der Waals surface area contributed by atoms with Crippen molar-refractivity contribution in [3.8, 4) is 0 Å². The van der Waals surface area contributed by atoms with Crippen molar-refractivity contribution < 1.29 is 4.79 Å². The zero-order valence-corrected chi connectivity index (χ0v) is 10.2. The maximum absolute atomic E-state index is 11.1. The van der Waals surface area contributed by atoms with Crippen LogP contribution in [0.1, 0.15) is 36.5 Å². The molecule has 0 atom stereocenters. The smallest absolute Gasteiger partial charge is 0.248 e. The van der Waals surface area contributed by atoms with Gasteiger partial charge in [-0.3, -0.25) is 4.79 Å². The Labute approximate surface area is 100 Å². The maximum Gasteiger partial charge on any atom is 0.248 e. The normalized spacial score (nSPS) is 10.9. The van der Waals surface area contributed by atoms with Crippen LogP contribution in [0.4, 0.5) is 0 Å². The first-order valence-corrected chi connectivity index (χ1v) is 5.96. The van der Waals surface area contributed by atoms with E-state index in [1.807, 2.05) is 6.07 Å². The lowest BCUT2D eigenvalue weighted by Gasteiger charge is -2.05. The highest BCUT2D eigenvalue weighted by atomic mass is 16.1. The highest BCUT2D eigenvalue weighted by molar-refractivity contribution is 5.96. The van der Waals surface area contributed by atoms with Gasteiger partial charge in [-0.05, 0) is 24.6 Å². The largest absolute Gasteiger partial charge is 0.366 e. The van der Waals surface area contributed by atoms with Crippen molar-refractivity contribution in [3.05, 3.63) is 29.6 Å². The first kappa shape index (κ1) is 11.6. The van der Waals surface area contributed by atoms with Crippen molar-refractivity contribution in [3.63, 3.8) is 0 Å². The quantitative estimate of drug-likeness (QED) is 0.876. The van der Waals surface area contributed by atoms with Gasteiger partial charge in [0.05, 0.1) is 11.0 Å². The standard InChI is InChI=1S/C13H17N3O/c1-3-7-16-11-6-5-9(13(14)17)8-10(11)15-12(16)4-2/h5-6,8H,3-4,7H2,1-2H3,(H2,14,17). The Morgan fingerprint density at radius 2 is 2.18 bits per heavy atom. The number of fused-ring (bicyclic) bond motifs is 1. The summed E-state index contributed by atoms with van der Waals surface area (Å²) in [6.07, 6.45) is 1.95. The molecule has 1 amide bonds. The number of aryl methyl sites for hydroxylation is 2. The molecule has 0 fully saturated rings. The van der Waals surface area contributed by atoms with E-state index in [1.54, 1.807) is 12.1 Å². The molecule has 0 aliphatic rings. The first-order valence-electron chi connectivity index (χ1n) is 5.96. The summed E-state index contributed by atoms with van der Waals surface area (Å²) in [7, 11) is 0. The number of carbonyl (C=O) groups excluding carboxylic acids is 1. The molecule has 0 saturated carbocycles. The van der Waals surface area contributed by atoms with Crippen LogP contribution in [0.5, 0.6) is 0 Å². The van der Waals surface area contributed by atoms with E-state index in [0.29, 0.717) is 5.56 Å². The average molecular weight is 231 g/mol. The van der Waals surface area contributed by atoms with E-state index in [4.69, 9.17) is 5.73 Å². The minimum Gasteiger partial charge on any atom is -0.366 e. The fourth-order valence-corrected chi connectivity index (χ4v) is 2.08. The van der Waals surface area contributed by atoms with Gasteiger partial charge in [-0.25, -0.2) is 4.98 Å². The minimum atomic E-state index is -0.407. The summed E-state index contributed by atoms with van der Waals surface area (Å²) in [5.41, 5.74) is 7.71. The Morgan fingerprint density at radius 1 is 1.41 bits per heavy atom. The third-order valence-electron chi connectivity index (χ3n) is 2.88. The topological polar surface area (TPSA) is 60.9 Å². The summed E-state index contributed by atoms with van der Waals surface area (Å²) in [6, 6.07) is 5.46. The number of carbonyl (C=O) groups is 1. The van der Waals surface area contributed by atoms with Crippen LogP contribution in [0, 0.1) is 0 Å². The van der Waals surface area contributed by atoms with Crippen molar-refractivity contribution >= 4 is 16.9 Å². The number of benzene rings is 1. The fraction of sp³-hybridized carbons (Fsp3) is 0.385. The molecule has 17 heavy (non-hydrogen) atoms. The lowest BCUT2D eigenvalue weighted by Crippen LogP contribution is -2.10. The number of primary amides is 1. The predicted molar refractivity (Wildman–Crippen MR) is 67.9 cm³/mol. The Hall–Kier alpha value is -1.84. The number of hydrogen-bond donors (Lipinski definition) is 1. The van der Waals surface area contributed by atoms with Crippen LogP contribution in [0.3, 0.4) is 0 Å². The average Bonchev–Trinajstić information content (AvgIpc) is 2.67. The number of nitrogens with zero attached hydrogens (tertiary/aromatic N) is 2. The lowest BCUT2D eigenvalue weighted by molar-refractivity contribution is 0.100. The first-order chi connectivity index (χ1) is 8.17. The van der Waals surface area contributed by atoms with E-state index < -0.39 is 5.91 Å². The van der Waals surface area contributed by atoms with Gasteiger partial charge in [-0.2, -0.15) is 0 Å². The molecule has 0 spiro atoms. The van der Waals surface area contributed by atoms with Crippen LogP contribution in [-0.2, 0) is 13.0 Å². The van der Waals surface area contributed by atoms with Crippen LogP contribution in [0.2, 0.25) is 0 Å². The molecule has 4 heteroatoms. The van der Waals surface area contributed by atoms with E-state index in [9.17, 15) is 4.79 Å². The van der Waals surface area contributed by atoms with E-state index in [1.165, 1.54) is 0 Å². The predicted octanol–water partition coefficient (Wildman–Crippen LogP) is 2.11. The molecule has 0 saturated heterocycles. The van der Waals surface area contributed by atoms with Gasteiger partial charge in [-0.15, -0.1) is 0 Å². The Kier molecular flexibility index (Phi) is 3.13. The molecule has 0 unspecified atom stereocenters. The van der Waals surface area contributed by atoms with Crippen LogP contribution in [0.25, 0.3) is 11.0 Å². The number of aromatic nitrogens is 2. The lowest BCUT2D eigenvalue weighted by atomic mass is 10.2. The third kappa shape index (κ3) is 2.02. The molecule has 0 radical (unpaired) electrons. The third-order valence-corrected chi connectivity index (χ3v) is 2.88. The zero-order chi connectivity index (χ0) is 12.4. The van der Waals surface area contributed by atoms with E-state index >= 15 is 0 Å². The summed E-state index contributed by atoms with van der Waals surface area (Å²) in [4.78, 5) is 15.7. The van der Waals surface area contributed by atoms with Crippen molar-refractivity contribution in [2.24, 2.45) is 5.73 Å². The second-order valence-electron chi connectivity index (χ2n) is 4.10. The molecule has 0 bridgehead atoms. The second kappa shape index (κ2) is 4.57. The molecular weight excluding hydrogens is 214 g/mol. The van der Waals surface area contributed by atoms with Crippen molar-refractivity contribution in [1.29, 1.82) is 0 Å². The summed E-state index contributed by atoms with van der Waals surface area (Å²) in [5, 5.41) is 0. The van der Waals surface area contributed by atoms with Gasteiger partial charge in [0, 0.05) is 18.5 Å². The van der Waals surface area contributed by atoms with Crippen LogP contribution < -0.4 is 5.73 Å². The fourth-order valence-electron chi connectivity index (χ4n) is 2.08. The molecule has 1 aromatic heterocycles. The second-order valence-corrected chi connectivity index (χ2v) is 4.10. The highest BCUT2D eigenvalue weighted by Crippen LogP contribution is 2.18. The summed E-state index contributed by atoms with van der Waals surface area (Å²) < 4.78 is 2.21. The Morgan fingerprint density at radius 3 is 2.76 bits per heavy atom. The van der Waals surface area contributed by atoms with Crippen molar-refractivity contribution in [2.75, 3.05) is 0 Å². The van der Waals surface area contributed by atoms with Crippen LogP contribution >= 0.6 is 0 Å². The van der Waals surface area contributed by atoms with Gasteiger partial charge in [0.2, 0.25) is 5.91 Å².